The molecule has 2 aliphatic heterocycles. The first-order chi connectivity index (χ1) is 32.6. The zero-order chi connectivity index (χ0) is 43.8. The lowest BCUT2D eigenvalue weighted by molar-refractivity contribution is 0.590. The molecule has 0 saturated carbocycles. The molecule has 4 nitrogen and oxygen atoms in total. The Labute approximate surface area is 383 Å². The summed E-state index contributed by atoms with van der Waals surface area (Å²) in [6, 6.07) is 87.6. The van der Waals surface area contributed by atoms with Crippen molar-refractivity contribution >= 4 is 79.1 Å². The second-order valence-corrected chi connectivity index (χ2v) is 19.9. The van der Waals surface area contributed by atoms with Gasteiger partial charge in [0.15, 0.2) is 7.14 Å². The predicted octanol–water partition coefficient (Wildman–Crippen LogP) is 14.8. The van der Waals surface area contributed by atoms with Crippen LogP contribution >= 0.6 is 7.14 Å². The molecule has 0 amide bonds. The van der Waals surface area contributed by atoms with Crippen LogP contribution < -0.4 is 25.7 Å². The summed E-state index contributed by atoms with van der Waals surface area (Å²) in [5, 5.41) is 4.47. The maximum Gasteiger partial charge on any atom is 0.171 e. The smallest absolute Gasteiger partial charge is 0.171 e. The van der Waals surface area contributed by atoms with Gasteiger partial charge in [-0.25, -0.2) is 0 Å². The lowest BCUT2D eigenvalue weighted by atomic mass is 9.61. The summed E-state index contributed by atoms with van der Waals surface area (Å²) in [4.78, 5) is 4.73. The molecule has 3 heterocycles. The number of nitrogens with zero attached hydrogens (tertiary/aromatic N) is 2. The van der Waals surface area contributed by atoms with Gasteiger partial charge in [-0.2, -0.15) is 0 Å². The number of anilines is 6. The SMILES string of the molecule is O=P1(c2ccccc2)c2ccccc2C2(c3ccccc3N(c3ccccc3)c3cc(-c4cccc(N(c5ccccc5)c5ccccc5)c4)ccc32)c2cc3c(cc21)oc1ccccc13. The van der Waals surface area contributed by atoms with E-state index in [1.54, 1.807) is 0 Å². The Bertz CT molecular complexity index is 3660. The molecular formula is C61H41N2O2P. The quantitative estimate of drug-likeness (QED) is 0.156. The topological polar surface area (TPSA) is 36.7 Å². The van der Waals surface area contributed by atoms with Crippen molar-refractivity contribution in [3.8, 4) is 11.1 Å². The maximum absolute atomic E-state index is 16.7. The molecule has 2 atom stereocenters. The van der Waals surface area contributed by atoms with Crippen molar-refractivity contribution in [2.45, 2.75) is 5.41 Å². The lowest BCUT2D eigenvalue weighted by Gasteiger charge is -2.50. The van der Waals surface area contributed by atoms with Crippen LogP contribution in [-0.4, -0.2) is 0 Å². The molecule has 312 valence electrons. The van der Waals surface area contributed by atoms with Crippen LogP contribution in [0.15, 0.2) is 253 Å². The van der Waals surface area contributed by atoms with E-state index in [9.17, 15) is 0 Å². The van der Waals surface area contributed by atoms with E-state index in [1.165, 1.54) is 0 Å². The van der Waals surface area contributed by atoms with Gasteiger partial charge in [0.1, 0.15) is 11.2 Å². The highest BCUT2D eigenvalue weighted by Gasteiger charge is 2.55. The molecule has 0 bridgehead atoms. The molecule has 5 heteroatoms. The average molecular weight is 865 g/mol. The van der Waals surface area contributed by atoms with Gasteiger partial charge in [-0.3, -0.25) is 0 Å². The number of fused-ring (bicyclic) bond motifs is 11. The van der Waals surface area contributed by atoms with Crippen LogP contribution in [0.4, 0.5) is 34.1 Å². The summed E-state index contributed by atoms with van der Waals surface area (Å²) < 4.78 is 23.4. The molecule has 0 radical (unpaired) electrons. The van der Waals surface area contributed by atoms with Gasteiger partial charge in [0, 0.05) is 49.4 Å². The minimum absolute atomic E-state index is 0.728. The second kappa shape index (κ2) is 15.0. The fourth-order valence-electron chi connectivity index (χ4n) is 10.9. The molecule has 2 aliphatic rings. The molecule has 2 unspecified atom stereocenters. The van der Waals surface area contributed by atoms with E-state index in [0.717, 1.165) is 105 Å². The largest absolute Gasteiger partial charge is 0.456 e. The van der Waals surface area contributed by atoms with E-state index in [1.807, 2.05) is 48.5 Å². The van der Waals surface area contributed by atoms with Crippen molar-refractivity contribution < 1.29 is 8.98 Å². The number of para-hydroxylation sites is 5. The van der Waals surface area contributed by atoms with Gasteiger partial charge in [-0.1, -0.05) is 170 Å². The van der Waals surface area contributed by atoms with Gasteiger partial charge >= 0.3 is 0 Å². The van der Waals surface area contributed by atoms with Gasteiger partial charge in [0.05, 0.1) is 16.8 Å². The van der Waals surface area contributed by atoms with Crippen LogP contribution in [0, 0.1) is 0 Å². The Kier molecular flexibility index (Phi) is 8.68. The maximum atomic E-state index is 16.7. The summed E-state index contributed by atoms with van der Waals surface area (Å²) in [7, 11) is -3.48. The molecule has 11 aromatic rings. The van der Waals surface area contributed by atoms with Crippen molar-refractivity contribution in [2.75, 3.05) is 9.80 Å². The van der Waals surface area contributed by atoms with Crippen molar-refractivity contribution in [2.24, 2.45) is 0 Å². The van der Waals surface area contributed by atoms with Crippen LogP contribution in [0.1, 0.15) is 22.3 Å². The molecule has 1 aromatic heterocycles. The number of rotatable bonds is 6. The minimum atomic E-state index is -3.48. The Morgan fingerprint density at radius 1 is 0.394 bits per heavy atom. The summed E-state index contributed by atoms with van der Waals surface area (Å²) in [5.74, 6) is 0. The van der Waals surface area contributed by atoms with Crippen LogP contribution in [0.2, 0.25) is 0 Å². The monoisotopic (exact) mass is 864 g/mol. The van der Waals surface area contributed by atoms with Gasteiger partial charge in [0.25, 0.3) is 0 Å². The zero-order valence-electron chi connectivity index (χ0n) is 35.8. The van der Waals surface area contributed by atoms with E-state index in [0.29, 0.717) is 0 Å². The van der Waals surface area contributed by atoms with Crippen molar-refractivity contribution in [3.05, 3.63) is 271 Å². The number of hydrogen-bond acceptors (Lipinski definition) is 4. The average Bonchev–Trinajstić information content (AvgIpc) is 3.76. The summed E-state index contributed by atoms with van der Waals surface area (Å²) in [6.07, 6.45) is 0. The standard InChI is InChI=1S/C61H41N2O2P/c64-66(48-28-11-4-12-29-48)59-35-18-15-32-53(59)61(54-40-50-49-30-13-17-34-57(49)65-58(50)41-60(54)66)51-31-14-16-33-55(51)63(46-25-9-3-10-26-46)56-39-43(36-37-52(56)61)42-20-19-27-47(38-42)62(44-21-5-1-6-22-44)45-23-7-2-8-24-45/h1-41H. The van der Waals surface area contributed by atoms with Crippen LogP contribution in [0.25, 0.3) is 33.1 Å². The van der Waals surface area contributed by atoms with E-state index < -0.39 is 12.6 Å². The fraction of sp³-hybridized carbons (Fsp3) is 0.0164. The molecule has 0 fully saturated rings. The molecule has 66 heavy (non-hydrogen) atoms. The zero-order valence-corrected chi connectivity index (χ0v) is 36.7. The highest BCUT2D eigenvalue weighted by Crippen LogP contribution is 2.63. The molecule has 0 saturated heterocycles. The minimum Gasteiger partial charge on any atom is -0.456 e. The predicted molar refractivity (Wildman–Crippen MR) is 273 cm³/mol. The Morgan fingerprint density at radius 2 is 0.985 bits per heavy atom. The Hall–Kier alpha value is -8.17. The fourth-order valence-corrected chi connectivity index (χ4v) is 14.1. The molecule has 10 aromatic carbocycles. The van der Waals surface area contributed by atoms with Gasteiger partial charge in [-0.15, -0.1) is 0 Å². The van der Waals surface area contributed by atoms with Crippen molar-refractivity contribution in [3.63, 3.8) is 0 Å². The van der Waals surface area contributed by atoms with Gasteiger partial charge in [-0.05, 0) is 112 Å². The summed E-state index contributed by atoms with van der Waals surface area (Å²) in [6.45, 7) is 0. The first-order valence-corrected chi connectivity index (χ1v) is 24.1. The van der Waals surface area contributed by atoms with Crippen LogP contribution in [-0.2, 0) is 9.98 Å². The highest BCUT2D eigenvalue weighted by molar-refractivity contribution is 7.85. The first-order valence-electron chi connectivity index (χ1n) is 22.4. The van der Waals surface area contributed by atoms with E-state index in [4.69, 9.17) is 4.42 Å². The molecule has 13 rings (SSSR count). The van der Waals surface area contributed by atoms with Crippen LogP contribution in [0.5, 0.6) is 0 Å². The first kappa shape index (κ1) is 38.3. The lowest BCUT2D eigenvalue weighted by Crippen LogP contribution is -2.49. The van der Waals surface area contributed by atoms with Gasteiger partial charge < -0.3 is 18.8 Å². The summed E-state index contributed by atoms with van der Waals surface area (Å²) in [5.41, 5.74) is 13.5. The van der Waals surface area contributed by atoms with Crippen LogP contribution in [0.3, 0.4) is 0 Å². The third-order valence-corrected chi connectivity index (χ3v) is 16.8. The second-order valence-electron chi connectivity index (χ2n) is 17.2. The molecule has 1 spiro atoms. The Balaban J connectivity index is 1.12. The normalized spacial score (nSPS) is 16.9. The van der Waals surface area contributed by atoms with E-state index in [-0.39, 0.29) is 0 Å². The molecule has 0 aliphatic carbocycles. The third kappa shape index (κ3) is 5.55. The summed E-state index contributed by atoms with van der Waals surface area (Å²) >= 11 is 0. The van der Waals surface area contributed by atoms with E-state index in [2.05, 4.69) is 210 Å². The highest BCUT2D eigenvalue weighted by atomic mass is 31.2. The molecular weight excluding hydrogens is 824 g/mol. The number of benzene rings is 10. The number of furan rings is 1. The van der Waals surface area contributed by atoms with E-state index >= 15 is 4.57 Å². The van der Waals surface area contributed by atoms with Crippen molar-refractivity contribution in [1.82, 2.24) is 0 Å². The third-order valence-electron chi connectivity index (χ3n) is 13.7. The Morgan fingerprint density at radius 3 is 1.74 bits per heavy atom. The van der Waals surface area contributed by atoms with Gasteiger partial charge in [0.2, 0.25) is 0 Å². The molecule has 0 N–H and O–H groups in total. The number of hydrogen-bond donors (Lipinski definition) is 0. The van der Waals surface area contributed by atoms with Crippen molar-refractivity contribution in [1.29, 1.82) is 0 Å².